The second-order valence-electron chi connectivity index (χ2n) is 7.73. The molecule has 1 N–H and O–H groups in total. The number of H-pyrrole nitrogens is 1. The molecule has 29 heavy (non-hydrogen) atoms. The SMILES string of the molecule is CN1CCCN(Cc2ccc(-c3nc(CCn4cccn4)cc(=O)[nH]3)cc2)CC1. The van der Waals surface area contributed by atoms with Gasteiger partial charge in [0.05, 0.1) is 5.69 Å². The van der Waals surface area contributed by atoms with Gasteiger partial charge in [-0.3, -0.25) is 14.4 Å². The lowest BCUT2D eigenvalue weighted by Crippen LogP contribution is -2.28. The zero-order valence-electron chi connectivity index (χ0n) is 16.9. The number of rotatable bonds is 6. The van der Waals surface area contributed by atoms with E-state index in [1.54, 1.807) is 12.3 Å². The van der Waals surface area contributed by atoms with Crippen LogP contribution in [-0.4, -0.2) is 62.8 Å². The second-order valence-corrected chi connectivity index (χ2v) is 7.73. The van der Waals surface area contributed by atoms with Crippen LogP contribution < -0.4 is 5.56 Å². The maximum Gasteiger partial charge on any atom is 0.251 e. The molecule has 0 unspecified atom stereocenters. The van der Waals surface area contributed by atoms with Crippen LogP contribution in [0.15, 0.2) is 53.6 Å². The molecule has 152 valence electrons. The molecule has 0 radical (unpaired) electrons. The van der Waals surface area contributed by atoms with Gasteiger partial charge in [-0.05, 0) is 38.2 Å². The minimum Gasteiger partial charge on any atom is -0.307 e. The third kappa shape index (κ3) is 5.40. The predicted molar refractivity (Wildman–Crippen MR) is 114 cm³/mol. The monoisotopic (exact) mass is 392 g/mol. The van der Waals surface area contributed by atoms with Crippen LogP contribution >= 0.6 is 0 Å². The third-order valence-corrected chi connectivity index (χ3v) is 5.40. The molecule has 1 aromatic carbocycles. The molecule has 0 saturated carbocycles. The van der Waals surface area contributed by atoms with Gasteiger partial charge in [0, 0.05) is 56.6 Å². The maximum absolute atomic E-state index is 12.1. The van der Waals surface area contributed by atoms with Gasteiger partial charge in [-0.1, -0.05) is 24.3 Å². The topological polar surface area (TPSA) is 70.0 Å². The smallest absolute Gasteiger partial charge is 0.251 e. The van der Waals surface area contributed by atoms with Gasteiger partial charge in [-0.15, -0.1) is 0 Å². The highest BCUT2D eigenvalue weighted by molar-refractivity contribution is 5.55. The molecule has 0 atom stereocenters. The number of benzene rings is 1. The highest BCUT2D eigenvalue weighted by atomic mass is 16.1. The molecule has 0 amide bonds. The average molecular weight is 393 g/mol. The van der Waals surface area contributed by atoms with E-state index >= 15 is 0 Å². The first-order valence-electron chi connectivity index (χ1n) is 10.2. The van der Waals surface area contributed by atoms with Crippen molar-refractivity contribution in [1.82, 2.24) is 29.5 Å². The van der Waals surface area contributed by atoms with Gasteiger partial charge in [-0.2, -0.15) is 5.10 Å². The summed E-state index contributed by atoms with van der Waals surface area (Å²) in [4.78, 5) is 24.5. The summed E-state index contributed by atoms with van der Waals surface area (Å²) in [6, 6.07) is 11.8. The van der Waals surface area contributed by atoms with Gasteiger partial charge in [-0.25, -0.2) is 4.98 Å². The van der Waals surface area contributed by atoms with Crippen LogP contribution in [0.5, 0.6) is 0 Å². The number of nitrogens with one attached hydrogen (secondary N) is 1. The molecule has 0 aliphatic carbocycles. The van der Waals surface area contributed by atoms with Crippen molar-refractivity contribution < 1.29 is 0 Å². The molecule has 7 nitrogen and oxygen atoms in total. The average Bonchev–Trinajstić information content (AvgIpc) is 3.16. The molecule has 0 spiro atoms. The van der Waals surface area contributed by atoms with E-state index in [1.165, 1.54) is 18.5 Å². The Labute approximate surface area is 171 Å². The Morgan fingerprint density at radius 1 is 1.10 bits per heavy atom. The Morgan fingerprint density at radius 3 is 2.76 bits per heavy atom. The van der Waals surface area contributed by atoms with Gasteiger partial charge in [0.15, 0.2) is 0 Å². The summed E-state index contributed by atoms with van der Waals surface area (Å²) in [5, 5.41) is 4.20. The van der Waals surface area contributed by atoms with E-state index < -0.39 is 0 Å². The number of nitrogens with zero attached hydrogens (tertiary/aromatic N) is 5. The van der Waals surface area contributed by atoms with Crippen molar-refractivity contribution in [2.45, 2.75) is 25.9 Å². The lowest BCUT2D eigenvalue weighted by molar-refractivity contribution is 0.269. The summed E-state index contributed by atoms with van der Waals surface area (Å²) in [6.07, 6.45) is 5.54. The van der Waals surface area contributed by atoms with E-state index in [2.05, 4.69) is 56.2 Å². The van der Waals surface area contributed by atoms with E-state index in [1.807, 2.05) is 16.9 Å². The summed E-state index contributed by atoms with van der Waals surface area (Å²) >= 11 is 0. The Morgan fingerprint density at radius 2 is 1.97 bits per heavy atom. The number of likely N-dealkylation sites (N-methyl/N-ethyl adjacent to an activating group) is 1. The molecule has 4 rings (SSSR count). The Balaban J connectivity index is 1.43. The second kappa shape index (κ2) is 9.15. The van der Waals surface area contributed by atoms with Crippen LogP contribution in [-0.2, 0) is 19.5 Å². The van der Waals surface area contributed by atoms with E-state index in [9.17, 15) is 4.79 Å². The number of hydrogen-bond donors (Lipinski definition) is 1. The number of aromatic nitrogens is 4. The molecule has 3 aromatic rings. The molecule has 1 fully saturated rings. The fraction of sp³-hybridized carbons (Fsp3) is 0.409. The van der Waals surface area contributed by atoms with Crippen molar-refractivity contribution in [3.8, 4) is 11.4 Å². The van der Waals surface area contributed by atoms with Crippen LogP contribution in [0.25, 0.3) is 11.4 Å². The quantitative estimate of drug-likeness (QED) is 0.695. The molecule has 1 aliphatic rings. The van der Waals surface area contributed by atoms with Crippen LogP contribution in [0.2, 0.25) is 0 Å². The highest BCUT2D eigenvalue weighted by Gasteiger charge is 2.12. The van der Waals surface area contributed by atoms with Crippen molar-refractivity contribution in [3.63, 3.8) is 0 Å². The van der Waals surface area contributed by atoms with Gasteiger partial charge >= 0.3 is 0 Å². The van der Waals surface area contributed by atoms with Crippen LogP contribution in [0, 0.1) is 0 Å². The van der Waals surface area contributed by atoms with Crippen molar-refractivity contribution in [2.24, 2.45) is 0 Å². The first-order valence-corrected chi connectivity index (χ1v) is 10.2. The number of aromatic amines is 1. The van der Waals surface area contributed by atoms with E-state index in [-0.39, 0.29) is 5.56 Å². The largest absolute Gasteiger partial charge is 0.307 e. The van der Waals surface area contributed by atoms with Gasteiger partial charge in [0.2, 0.25) is 0 Å². The Bertz CT molecular complexity index is 964. The first-order chi connectivity index (χ1) is 14.2. The standard InChI is InChI=1S/C22H28N6O/c1-26-10-3-11-27(15-14-26)17-18-4-6-19(7-5-18)22-24-20(16-21(29)25-22)8-13-28-12-2-9-23-28/h2,4-7,9,12,16H,3,8,10-11,13-15,17H2,1H3,(H,24,25,29). The van der Waals surface area contributed by atoms with Gasteiger partial charge < -0.3 is 9.88 Å². The molecule has 0 bridgehead atoms. The van der Waals surface area contributed by atoms with E-state index in [0.29, 0.717) is 18.8 Å². The molecule has 1 saturated heterocycles. The van der Waals surface area contributed by atoms with E-state index in [0.717, 1.165) is 37.4 Å². The third-order valence-electron chi connectivity index (χ3n) is 5.40. The lowest BCUT2D eigenvalue weighted by Gasteiger charge is -2.20. The number of aryl methyl sites for hydroxylation is 2. The summed E-state index contributed by atoms with van der Waals surface area (Å²) in [6.45, 7) is 6.19. The van der Waals surface area contributed by atoms with Crippen molar-refractivity contribution in [3.05, 3.63) is 70.4 Å². The molecule has 2 aromatic heterocycles. The molecular weight excluding hydrogens is 364 g/mol. The van der Waals surface area contributed by atoms with Gasteiger partial charge in [0.25, 0.3) is 5.56 Å². The zero-order chi connectivity index (χ0) is 20.1. The van der Waals surface area contributed by atoms with Crippen LogP contribution in [0.1, 0.15) is 17.7 Å². The fourth-order valence-electron chi connectivity index (χ4n) is 3.72. The number of hydrogen-bond acceptors (Lipinski definition) is 5. The fourth-order valence-corrected chi connectivity index (χ4v) is 3.72. The summed E-state index contributed by atoms with van der Waals surface area (Å²) < 4.78 is 1.85. The van der Waals surface area contributed by atoms with Crippen LogP contribution in [0.4, 0.5) is 0 Å². The maximum atomic E-state index is 12.1. The minimum absolute atomic E-state index is 0.122. The van der Waals surface area contributed by atoms with Crippen molar-refractivity contribution in [1.29, 1.82) is 0 Å². The normalized spacial score (nSPS) is 16.0. The first kappa shape index (κ1) is 19.5. The van der Waals surface area contributed by atoms with Gasteiger partial charge in [0.1, 0.15) is 5.82 Å². The zero-order valence-corrected chi connectivity index (χ0v) is 16.9. The minimum atomic E-state index is -0.122. The summed E-state index contributed by atoms with van der Waals surface area (Å²) in [7, 11) is 2.19. The molecule has 7 heteroatoms. The van der Waals surface area contributed by atoms with Crippen molar-refractivity contribution in [2.75, 3.05) is 33.2 Å². The van der Waals surface area contributed by atoms with Crippen molar-refractivity contribution >= 4 is 0 Å². The predicted octanol–water partition coefficient (Wildman–Crippen LogP) is 2.01. The molecule has 1 aliphatic heterocycles. The Hall–Kier alpha value is -2.77. The Kier molecular flexibility index (Phi) is 6.17. The lowest BCUT2D eigenvalue weighted by atomic mass is 10.1. The summed E-state index contributed by atoms with van der Waals surface area (Å²) in [5.41, 5.74) is 2.87. The molecular formula is C22H28N6O. The molecule has 3 heterocycles. The van der Waals surface area contributed by atoms with E-state index in [4.69, 9.17) is 0 Å². The summed E-state index contributed by atoms with van der Waals surface area (Å²) in [5.74, 6) is 0.621. The van der Waals surface area contributed by atoms with Crippen LogP contribution in [0.3, 0.4) is 0 Å². The highest BCUT2D eigenvalue weighted by Crippen LogP contribution is 2.17.